The number of hydrazone groups is 1. The van der Waals surface area contributed by atoms with Gasteiger partial charge in [-0.25, -0.2) is 5.43 Å². The molecule has 2 aliphatic rings. The molecule has 2 N–H and O–H groups in total. The highest BCUT2D eigenvalue weighted by Crippen LogP contribution is 2.17. The second kappa shape index (κ2) is 7.23. The maximum atomic E-state index is 11.7. The lowest BCUT2D eigenvalue weighted by Crippen LogP contribution is -2.37. The van der Waals surface area contributed by atoms with Gasteiger partial charge in [-0.2, -0.15) is 5.10 Å². The van der Waals surface area contributed by atoms with E-state index in [1.54, 1.807) is 0 Å². The Morgan fingerprint density at radius 2 is 2.32 bits per heavy atom. The standard InChI is InChI=1S/C13H21N3O3/c17-12-7-6-11(15-16-12)13(18)14-8-2-1-4-10-5-3-9-19-10/h10H,1-9H2,(H,14,18)(H,16,17). The number of hydrogen-bond acceptors (Lipinski definition) is 4. The minimum Gasteiger partial charge on any atom is -0.378 e. The van der Waals surface area contributed by atoms with E-state index >= 15 is 0 Å². The fraction of sp³-hybridized carbons (Fsp3) is 0.769. The molecule has 0 saturated carbocycles. The van der Waals surface area contributed by atoms with Gasteiger partial charge in [-0.3, -0.25) is 9.59 Å². The number of carbonyl (C=O) groups excluding carboxylic acids is 2. The first-order chi connectivity index (χ1) is 9.25. The molecule has 0 aromatic heterocycles. The first-order valence-electron chi connectivity index (χ1n) is 7.01. The number of nitrogens with zero attached hydrogens (tertiary/aromatic N) is 1. The van der Waals surface area contributed by atoms with Crippen molar-refractivity contribution < 1.29 is 14.3 Å². The molecule has 106 valence electrons. The predicted octanol–water partition coefficient (Wildman–Crippen LogP) is 0.718. The van der Waals surface area contributed by atoms with Crippen molar-refractivity contribution in [2.75, 3.05) is 13.2 Å². The van der Waals surface area contributed by atoms with Crippen LogP contribution >= 0.6 is 0 Å². The third kappa shape index (κ3) is 4.63. The van der Waals surface area contributed by atoms with E-state index in [1.807, 2.05) is 0 Å². The monoisotopic (exact) mass is 267 g/mol. The van der Waals surface area contributed by atoms with Crippen LogP contribution in [0, 0.1) is 0 Å². The molecule has 1 fully saturated rings. The Labute approximate surface area is 113 Å². The largest absolute Gasteiger partial charge is 0.378 e. The number of unbranched alkanes of at least 4 members (excludes halogenated alkanes) is 1. The van der Waals surface area contributed by atoms with E-state index in [2.05, 4.69) is 15.8 Å². The first-order valence-corrected chi connectivity index (χ1v) is 7.01. The lowest BCUT2D eigenvalue weighted by Gasteiger charge is -2.12. The Hall–Kier alpha value is -1.43. The molecule has 0 spiro atoms. The van der Waals surface area contributed by atoms with Gasteiger partial charge in [-0.1, -0.05) is 0 Å². The molecule has 6 nitrogen and oxygen atoms in total. The summed E-state index contributed by atoms with van der Waals surface area (Å²) in [4.78, 5) is 22.6. The SMILES string of the molecule is O=C1CCC(C(=O)NCCCCC2CCCO2)=NN1. The lowest BCUT2D eigenvalue weighted by molar-refractivity contribution is -0.121. The zero-order valence-corrected chi connectivity index (χ0v) is 11.1. The van der Waals surface area contributed by atoms with Crippen molar-refractivity contribution in [2.45, 2.75) is 51.0 Å². The molecular weight excluding hydrogens is 246 g/mol. The molecule has 1 saturated heterocycles. The van der Waals surface area contributed by atoms with E-state index in [4.69, 9.17) is 4.74 Å². The average Bonchev–Trinajstić information content (AvgIpc) is 2.92. The molecule has 2 amide bonds. The maximum absolute atomic E-state index is 11.7. The number of nitrogens with one attached hydrogen (secondary N) is 2. The van der Waals surface area contributed by atoms with Crippen LogP contribution < -0.4 is 10.7 Å². The topological polar surface area (TPSA) is 79.8 Å². The van der Waals surface area contributed by atoms with Crippen LogP contribution in [0.1, 0.15) is 44.9 Å². The van der Waals surface area contributed by atoms with Gasteiger partial charge in [-0.15, -0.1) is 0 Å². The molecule has 0 bridgehead atoms. The summed E-state index contributed by atoms with van der Waals surface area (Å²) in [5.74, 6) is -0.301. The van der Waals surface area contributed by atoms with Crippen LogP contribution in [0.25, 0.3) is 0 Å². The van der Waals surface area contributed by atoms with Gasteiger partial charge in [-0.05, 0) is 32.1 Å². The van der Waals surface area contributed by atoms with Crippen molar-refractivity contribution in [1.82, 2.24) is 10.7 Å². The van der Waals surface area contributed by atoms with Crippen molar-refractivity contribution in [3.05, 3.63) is 0 Å². The molecular formula is C13H21N3O3. The second-order valence-electron chi connectivity index (χ2n) is 4.98. The van der Waals surface area contributed by atoms with E-state index in [0.717, 1.165) is 25.9 Å². The van der Waals surface area contributed by atoms with Crippen LogP contribution in [0.15, 0.2) is 5.10 Å². The third-order valence-corrected chi connectivity index (χ3v) is 3.43. The van der Waals surface area contributed by atoms with E-state index in [1.165, 1.54) is 12.8 Å². The maximum Gasteiger partial charge on any atom is 0.267 e. The van der Waals surface area contributed by atoms with Gasteiger partial charge in [0.25, 0.3) is 5.91 Å². The summed E-state index contributed by atoms with van der Waals surface area (Å²) < 4.78 is 5.54. The third-order valence-electron chi connectivity index (χ3n) is 3.43. The van der Waals surface area contributed by atoms with Gasteiger partial charge >= 0.3 is 0 Å². The van der Waals surface area contributed by atoms with Crippen LogP contribution in [0.2, 0.25) is 0 Å². The Morgan fingerprint density at radius 3 is 3.00 bits per heavy atom. The number of ether oxygens (including phenoxy) is 1. The van der Waals surface area contributed by atoms with E-state index < -0.39 is 0 Å². The molecule has 6 heteroatoms. The summed E-state index contributed by atoms with van der Waals surface area (Å²) in [7, 11) is 0. The average molecular weight is 267 g/mol. The van der Waals surface area contributed by atoms with Crippen molar-refractivity contribution in [2.24, 2.45) is 5.10 Å². The Morgan fingerprint density at radius 1 is 1.42 bits per heavy atom. The van der Waals surface area contributed by atoms with E-state index in [0.29, 0.717) is 31.2 Å². The number of rotatable bonds is 6. The highest BCUT2D eigenvalue weighted by Gasteiger charge is 2.18. The Balaban J connectivity index is 1.55. The normalized spacial score (nSPS) is 22.8. The molecule has 1 atom stereocenters. The van der Waals surface area contributed by atoms with Gasteiger partial charge in [0.05, 0.1) is 6.10 Å². The van der Waals surface area contributed by atoms with Gasteiger partial charge in [0.1, 0.15) is 5.71 Å². The van der Waals surface area contributed by atoms with Crippen molar-refractivity contribution in [3.8, 4) is 0 Å². The van der Waals surface area contributed by atoms with Gasteiger partial charge < -0.3 is 10.1 Å². The summed E-state index contributed by atoms with van der Waals surface area (Å²) in [5, 5.41) is 6.59. The van der Waals surface area contributed by atoms with Crippen molar-refractivity contribution in [1.29, 1.82) is 0 Å². The summed E-state index contributed by atoms with van der Waals surface area (Å²) in [6.07, 6.45) is 6.62. The predicted molar refractivity (Wildman–Crippen MR) is 70.6 cm³/mol. The van der Waals surface area contributed by atoms with Gasteiger partial charge in [0, 0.05) is 26.0 Å². The summed E-state index contributed by atoms with van der Waals surface area (Å²) in [5.41, 5.74) is 2.74. The highest BCUT2D eigenvalue weighted by molar-refractivity contribution is 6.39. The smallest absolute Gasteiger partial charge is 0.267 e. The number of hydrogen-bond donors (Lipinski definition) is 2. The lowest BCUT2D eigenvalue weighted by atomic mass is 10.1. The minimum atomic E-state index is -0.169. The Bertz CT molecular complexity index is 362. The van der Waals surface area contributed by atoms with Crippen molar-refractivity contribution in [3.63, 3.8) is 0 Å². The zero-order chi connectivity index (χ0) is 13.5. The zero-order valence-electron chi connectivity index (χ0n) is 11.1. The van der Waals surface area contributed by atoms with Crippen LogP contribution in [-0.4, -0.2) is 36.8 Å². The van der Waals surface area contributed by atoms with Crippen LogP contribution in [0.5, 0.6) is 0 Å². The quantitative estimate of drug-likeness (QED) is 0.696. The molecule has 0 radical (unpaired) electrons. The molecule has 2 aliphatic heterocycles. The first kappa shape index (κ1) is 14.0. The molecule has 1 unspecified atom stereocenters. The molecule has 19 heavy (non-hydrogen) atoms. The number of carbonyl (C=O) groups is 2. The molecule has 2 rings (SSSR count). The van der Waals surface area contributed by atoms with Crippen LogP contribution in [0.4, 0.5) is 0 Å². The highest BCUT2D eigenvalue weighted by atomic mass is 16.5. The number of amides is 2. The molecule has 0 aromatic rings. The van der Waals surface area contributed by atoms with E-state index in [-0.39, 0.29) is 11.8 Å². The molecule has 2 heterocycles. The van der Waals surface area contributed by atoms with Gasteiger partial charge in [0.15, 0.2) is 0 Å². The second-order valence-corrected chi connectivity index (χ2v) is 4.98. The minimum absolute atomic E-state index is 0.131. The van der Waals surface area contributed by atoms with E-state index in [9.17, 15) is 9.59 Å². The molecule has 0 aliphatic carbocycles. The fourth-order valence-electron chi connectivity index (χ4n) is 2.31. The Kier molecular flexibility index (Phi) is 5.32. The van der Waals surface area contributed by atoms with Crippen LogP contribution in [-0.2, 0) is 14.3 Å². The molecule has 0 aromatic carbocycles. The fourth-order valence-corrected chi connectivity index (χ4v) is 2.31. The van der Waals surface area contributed by atoms with Gasteiger partial charge in [0.2, 0.25) is 5.91 Å². The van der Waals surface area contributed by atoms with Crippen LogP contribution in [0.3, 0.4) is 0 Å². The summed E-state index contributed by atoms with van der Waals surface area (Å²) in [6.45, 7) is 1.55. The summed E-state index contributed by atoms with van der Waals surface area (Å²) in [6, 6.07) is 0. The summed E-state index contributed by atoms with van der Waals surface area (Å²) >= 11 is 0. The van der Waals surface area contributed by atoms with Crippen molar-refractivity contribution >= 4 is 17.5 Å².